The van der Waals surface area contributed by atoms with Crippen LogP contribution in [0.5, 0.6) is 0 Å². The lowest BCUT2D eigenvalue weighted by atomic mass is 9.91. The van der Waals surface area contributed by atoms with E-state index < -0.39 is 27.2 Å². The summed E-state index contributed by atoms with van der Waals surface area (Å²) in [5, 5.41) is 10.9. The zero-order valence-electron chi connectivity index (χ0n) is 21.9. The van der Waals surface area contributed by atoms with Crippen LogP contribution in [0.15, 0.2) is 41.4 Å². The number of halogens is 2. The first-order valence-corrected chi connectivity index (χ1v) is 14.5. The average molecular weight is 538 g/mol. The second-order valence-corrected chi connectivity index (χ2v) is 14.3. The van der Waals surface area contributed by atoms with Gasteiger partial charge in [0.2, 0.25) is 0 Å². The minimum Gasteiger partial charge on any atom is -0.388 e. The maximum absolute atomic E-state index is 15.0. The normalized spacial score (nSPS) is 26.5. The molecular weight excluding hydrogens is 500 g/mol. The highest BCUT2D eigenvalue weighted by molar-refractivity contribution is 8.17. The number of rotatable bonds is 7. The van der Waals surface area contributed by atoms with Gasteiger partial charge in [0.1, 0.15) is 5.69 Å². The molecule has 1 aromatic heterocycles. The van der Waals surface area contributed by atoms with Crippen LogP contribution in [0.1, 0.15) is 30.4 Å². The third kappa shape index (κ3) is 4.44. The van der Waals surface area contributed by atoms with Crippen LogP contribution in [0, 0.1) is 12.8 Å². The number of fused-ring (bicyclic) bond motifs is 1. The smallest absolute Gasteiger partial charge is 0.253 e. The summed E-state index contributed by atoms with van der Waals surface area (Å²) in [4.78, 5) is 8.76. The van der Waals surface area contributed by atoms with Crippen molar-refractivity contribution < 1.29 is 22.6 Å². The SMILES string of the molecule is Cc1ccc(CN2CCC(O)(CN(C)C)CC2)cc1S1(=O)(O)N(C)c2ncccc2N1CC1CC1(F)F. The molecule has 0 bridgehead atoms. The van der Waals surface area contributed by atoms with Gasteiger partial charge in [-0.15, -0.1) is 0 Å². The molecular formula is C26H37F2N5O3S. The Bertz CT molecular complexity index is 1270. The molecule has 1 aromatic carbocycles. The van der Waals surface area contributed by atoms with Gasteiger partial charge in [-0.1, -0.05) is 12.1 Å². The largest absolute Gasteiger partial charge is 0.388 e. The molecule has 3 aliphatic rings. The van der Waals surface area contributed by atoms with Crippen LogP contribution >= 0.6 is 0 Å². The molecule has 1 atom stereocenters. The first-order valence-electron chi connectivity index (χ1n) is 12.7. The predicted molar refractivity (Wildman–Crippen MR) is 141 cm³/mol. The van der Waals surface area contributed by atoms with Gasteiger partial charge in [-0.2, -0.15) is 4.21 Å². The van der Waals surface area contributed by atoms with Gasteiger partial charge in [0.15, 0.2) is 5.82 Å². The van der Waals surface area contributed by atoms with Gasteiger partial charge >= 0.3 is 0 Å². The molecule has 8 nitrogen and oxygen atoms in total. The number of anilines is 2. The number of likely N-dealkylation sites (tertiary alicyclic amines) is 1. The molecule has 2 aromatic rings. The monoisotopic (exact) mass is 537 g/mol. The van der Waals surface area contributed by atoms with E-state index >= 15 is 4.21 Å². The highest BCUT2D eigenvalue weighted by atomic mass is 32.3. The molecule has 1 unspecified atom stereocenters. The zero-order chi connectivity index (χ0) is 26.8. The van der Waals surface area contributed by atoms with Crippen LogP contribution < -0.4 is 8.61 Å². The minimum atomic E-state index is -4.99. The predicted octanol–water partition coefficient (Wildman–Crippen LogP) is 3.37. The number of piperidine rings is 1. The summed E-state index contributed by atoms with van der Waals surface area (Å²) in [5.41, 5.74) is 1.13. The maximum atomic E-state index is 15.0. The number of hydrogen-bond acceptors (Lipinski definition) is 5. The lowest BCUT2D eigenvalue weighted by Crippen LogP contribution is -2.58. The Hall–Kier alpha value is -2.18. The van der Waals surface area contributed by atoms with Crippen LogP contribution in [0.25, 0.3) is 0 Å². The Labute approximate surface area is 217 Å². The molecule has 37 heavy (non-hydrogen) atoms. The molecule has 0 radical (unpaired) electrons. The van der Waals surface area contributed by atoms with Crippen molar-refractivity contribution >= 4 is 21.2 Å². The van der Waals surface area contributed by atoms with E-state index in [4.69, 9.17) is 0 Å². The van der Waals surface area contributed by atoms with Gasteiger partial charge in [-0.3, -0.25) is 13.8 Å². The standard InChI is InChI=1S/C26H37F2N5O3S/c1-19-7-8-20(16-32-12-9-25(34,10-13-32)18-30(2)3)14-23(19)37(35,36)31(4)24-22(6-5-11-29-24)33(37)17-21-15-26(21,27)28/h5-8,11,14,21,34H,9-10,12-13,15-18H2,1-4H3,(H,35,36). The molecule has 0 spiro atoms. The maximum Gasteiger partial charge on any atom is 0.253 e. The topological polar surface area (TPSA) is 83.4 Å². The Morgan fingerprint density at radius 2 is 1.89 bits per heavy atom. The van der Waals surface area contributed by atoms with Crippen LogP contribution in [0.3, 0.4) is 0 Å². The van der Waals surface area contributed by atoms with Crippen LogP contribution in [0.4, 0.5) is 20.3 Å². The van der Waals surface area contributed by atoms with Crippen LogP contribution in [-0.4, -0.2) is 87.5 Å². The van der Waals surface area contributed by atoms with Gasteiger partial charge in [0.25, 0.3) is 5.92 Å². The van der Waals surface area contributed by atoms with Crippen molar-refractivity contribution in [3.05, 3.63) is 47.7 Å². The summed E-state index contributed by atoms with van der Waals surface area (Å²) < 4.78 is 57.7. The number of hydrogen-bond donors (Lipinski definition) is 2. The van der Waals surface area contributed by atoms with E-state index in [2.05, 4.69) is 9.88 Å². The van der Waals surface area contributed by atoms with Crippen LogP contribution in [-0.2, 0) is 16.3 Å². The quantitative estimate of drug-likeness (QED) is 0.564. The summed E-state index contributed by atoms with van der Waals surface area (Å²) in [5.74, 6) is -3.52. The summed E-state index contributed by atoms with van der Waals surface area (Å²) in [6.45, 7) is 4.13. The second-order valence-electron chi connectivity index (χ2n) is 11.2. The van der Waals surface area contributed by atoms with E-state index in [1.165, 1.54) is 21.9 Å². The van der Waals surface area contributed by atoms with E-state index in [1.54, 1.807) is 25.1 Å². The van der Waals surface area contributed by atoms with Gasteiger partial charge in [0, 0.05) is 58.3 Å². The number of aliphatic hydroxyl groups is 1. The Morgan fingerprint density at radius 1 is 1.22 bits per heavy atom. The number of pyridine rings is 1. The molecule has 2 N–H and O–H groups in total. The van der Waals surface area contributed by atoms with E-state index in [-0.39, 0.29) is 17.9 Å². The number of nitrogens with zero attached hydrogens (tertiary/aromatic N) is 5. The molecule has 2 fully saturated rings. The summed E-state index contributed by atoms with van der Waals surface area (Å²) in [6, 6.07) is 8.82. The van der Waals surface area contributed by atoms with Crippen molar-refractivity contribution in [2.45, 2.75) is 49.2 Å². The molecule has 1 saturated heterocycles. The highest BCUT2D eigenvalue weighted by Crippen LogP contribution is 2.57. The minimum absolute atomic E-state index is 0.208. The van der Waals surface area contributed by atoms with Crippen molar-refractivity contribution in [2.75, 3.05) is 55.9 Å². The van der Waals surface area contributed by atoms with Crippen molar-refractivity contribution in [2.24, 2.45) is 5.92 Å². The molecule has 204 valence electrons. The molecule has 1 saturated carbocycles. The fourth-order valence-electron chi connectivity index (χ4n) is 5.73. The number of benzene rings is 1. The summed E-state index contributed by atoms with van der Waals surface area (Å²) in [6.07, 6.45) is 2.54. The lowest BCUT2D eigenvalue weighted by molar-refractivity contribution is -0.0388. The third-order valence-corrected chi connectivity index (χ3v) is 11.5. The van der Waals surface area contributed by atoms with Crippen LogP contribution in [0.2, 0.25) is 0 Å². The number of likely N-dealkylation sites (N-methyl/N-ethyl adjacent to an activating group) is 1. The highest BCUT2D eigenvalue weighted by Gasteiger charge is 2.61. The second kappa shape index (κ2) is 8.67. The van der Waals surface area contributed by atoms with Crippen molar-refractivity contribution in [3.8, 4) is 0 Å². The van der Waals surface area contributed by atoms with Gasteiger partial charge in [0.05, 0.1) is 10.5 Å². The number of alkyl halides is 2. The molecule has 2 aliphatic heterocycles. The van der Waals surface area contributed by atoms with E-state index in [9.17, 15) is 18.4 Å². The Kier molecular flexibility index (Phi) is 6.19. The van der Waals surface area contributed by atoms with E-state index in [0.717, 1.165) is 5.56 Å². The van der Waals surface area contributed by atoms with Crippen molar-refractivity contribution in [1.82, 2.24) is 14.8 Å². The summed E-state index contributed by atoms with van der Waals surface area (Å²) in [7, 11) is 0.417. The number of aryl methyl sites for hydroxylation is 1. The fraction of sp³-hybridized carbons (Fsp3) is 0.577. The average Bonchev–Trinajstić information content (AvgIpc) is 3.39. The molecule has 1 aliphatic carbocycles. The third-order valence-electron chi connectivity index (χ3n) is 8.01. The first-order chi connectivity index (χ1) is 17.2. The van der Waals surface area contributed by atoms with Crippen molar-refractivity contribution in [1.29, 1.82) is 0 Å². The van der Waals surface area contributed by atoms with Gasteiger partial charge in [-0.25, -0.2) is 18.1 Å². The molecule has 3 heterocycles. The van der Waals surface area contributed by atoms with E-state index in [0.29, 0.717) is 56.1 Å². The Balaban J connectivity index is 1.46. The van der Waals surface area contributed by atoms with Gasteiger partial charge < -0.3 is 10.0 Å². The zero-order valence-corrected chi connectivity index (χ0v) is 22.7. The molecule has 0 amide bonds. The Morgan fingerprint density at radius 3 is 2.51 bits per heavy atom. The van der Waals surface area contributed by atoms with E-state index in [1.807, 2.05) is 31.1 Å². The number of aromatic nitrogens is 1. The molecule has 11 heteroatoms. The van der Waals surface area contributed by atoms with Crippen molar-refractivity contribution in [3.63, 3.8) is 0 Å². The van der Waals surface area contributed by atoms with Gasteiger partial charge in [-0.05, 0) is 72.9 Å². The summed E-state index contributed by atoms with van der Waals surface area (Å²) >= 11 is 0. The molecule has 5 rings (SSSR count). The fourth-order valence-corrected chi connectivity index (χ4v) is 8.95. The lowest BCUT2D eigenvalue weighted by Gasteiger charge is -2.52. The first kappa shape index (κ1) is 26.4.